The molecule has 1 aromatic rings. The summed E-state index contributed by atoms with van der Waals surface area (Å²) in [5, 5.41) is 3.47. The number of pyridine rings is 1. The number of hydrogen-bond acceptors (Lipinski definition) is 3. The highest BCUT2D eigenvalue weighted by Gasteiger charge is 2.04. The van der Waals surface area contributed by atoms with Gasteiger partial charge in [0.25, 0.3) is 0 Å². The number of nitrogens with zero attached hydrogens (tertiary/aromatic N) is 1. The van der Waals surface area contributed by atoms with Crippen LogP contribution < -0.4 is 11.1 Å². The molecular formula is C12H21N3. The van der Waals surface area contributed by atoms with Gasteiger partial charge < -0.3 is 11.1 Å². The summed E-state index contributed by atoms with van der Waals surface area (Å²) in [6.07, 6.45) is 3.04. The summed E-state index contributed by atoms with van der Waals surface area (Å²) in [5.41, 5.74) is 6.72. The maximum absolute atomic E-state index is 5.54. The largest absolute Gasteiger partial charge is 0.384 e. The molecule has 0 radical (unpaired) electrons. The first-order valence-corrected chi connectivity index (χ1v) is 5.54. The first-order chi connectivity index (χ1) is 7.09. The zero-order valence-electron chi connectivity index (χ0n) is 9.83. The summed E-state index contributed by atoms with van der Waals surface area (Å²) in [6.45, 7) is 7.66. The molecule has 0 spiro atoms. The van der Waals surface area contributed by atoms with Crippen molar-refractivity contribution in [2.75, 3.05) is 12.3 Å². The summed E-state index contributed by atoms with van der Waals surface area (Å²) in [4.78, 5) is 4.08. The second kappa shape index (κ2) is 5.71. The van der Waals surface area contributed by atoms with Gasteiger partial charge in [-0.15, -0.1) is 0 Å². The molecule has 0 saturated heterocycles. The van der Waals surface area contributed by atoms with Crippen LogP contribution in [0.2, 0.25) is 0 Å². The van der Waals surface area contributed by atoms with E-state index in [0.29, 0.717) is 11.9 Å². The number of nitrogens with two attached hydrogens (primary N) is 1. The quantitative estimate of drug-likeness (QED) is 0.779. The molecule has 15 heavy (non-hydrogen) atoms. The third-order valence-electron chi connectivity index (χ3n) is 2.48. The van der Waals surface area contributed by atoms with Gasteiger partial charge in [0.05, 0.1) is 0 Å². The van der Waals surface area contributed by atoms with E-state index in [-0.39, 0.29) is 0 Å². The summed E-state index contributed by atoms with van der Waals surface area (Å²) in [5.74, 6) is 1.32. The van der Waals surface area contributed by atoms with Crippen molar-refractivity contribution in [1.29, 1.82) is 0 Å². The third kappa shape index (κ3) is 4.30. The fourth-order valence-electron chi connectivity index (χ4n) is 1.38. The Morgan fingerprint density at radius 1 is 1.33 bits per heavy atom. The summed E-state index contributed by atoms with van der Waals surface area (Å²) in [6, 6.07) is 4.21. The van der Waals surface area contributed by atoms with Crippen LogP contribution in [0.15, 0.2) is 18.3 Å². The van der Waals surface area contributed by atoms with Crippen molar-refractivity contribution in [3.63, 3.8) is 0 Å². The van der Waals surface area contributed by atoms with Crippen molar-refractivity contribution in [3.05, 3.63) is 23.9 Å². The molecule has 0 aliphatic carbocycles. The number of nitrogen functional groups attached to an aromatic ring is 1. The van der Waals surface area contributed by atoms with Crippen LogP contribution in [0.25, 0.3) is 0 Å². The van der Waals surface area contributed by atoms with Gasteiger partial charge in [0, 0.05) is 12.2 Å². The molecule has 1 aromatic heterocycles. The molecule has 0 bridgehead atoms. The van der Waals surface area contributed by atoms with E-state index in [4.69, 9.17) is 5.73 Å². The number of anilines is 1. The van der Waals surface area contributed by atoms with Crippen molar-refractivity contribution < 1.29 is 0 Å². The lowest BCUT2D eigenvalue weighted by molar-refractivity contribution is 0.496. The fourth-order valence-corrected chi connectivity index (χ4v) is 1.38. The normalized spacial score (nSPS) is 13.1. The molecule has 3 nitrogen and oxygen atoms in total. The van der Waals surface area contributed by atoms with E-state index in [0.717, 1.165) is 12.5 Å². The molecule has 1 unspecified atom stereocenters. The highest BCUT2D eigenvalue weighted by atomic mass is 14.9. The Bertz CT molecular complexity index is 279. The molecule has 0 aromatic carbocycles. The zero-order valence-corrected chi connectivity index (χ0v) is 9.83. The van der Waals surface area contributed by atoms with Crippen LogP contribution in [0.5, 0.6) is 0 Å². The second-order valence-electron chi connectivity index (χ2n) is 4.37. The van der Waals surface area contributed by atoms with E-state index in [1.165, 1.54) is 12.0 Å². The molecule has 0 aliphatic heterocycles. The van der Waals surface area contributed by atoms with Gasteiger partial charge in [-0.3, -0.25) is 0 Å². The van der Waals surface area contributed by atoms with Crippen LogP contribution in [-0.4, -0.2) is 11.5 Å². The van der Waals surface area contributed by atoms with E-state index in [1.807, 2.05) is 18.3 Å². The molecular weight excluding hydrogens is 186 g/mol. The second-order valence-corrected chi connectivity index (χ2v) is 4.37. The van der Waals surface area contributed by atoms with Crippen molar-refractivity contribution in [3.8, 4) is 0 Å². The molecule has 84 valence electrons. The SMILES string of the molecule is CC(C)CCNC(C)c1ccc(N)nc1. The van der Waals surface area contributed by atoms with Gasteiger partial charge in [0.2, 0.25) is 0 Å². The Morgan fingerprint density at radius 2 is 2.07 bits per heavy atom. The van der Waals surface area contributed by atoms with Crippen molar-refractivity contribution in [1.82, 2.24) is 10.3 Å². The molecule has 0 fully saturated rings. The van der Waals surface area contributed by atoms with E-state index in [2.05, 4.69) is 31.1 Å². The van der Waals surface area contributed by atoms with Crippen LogP contribution in [0, 0.1) is 5.92 Å². The summed E-state index contributed by atoms with van der Waals surface area (Å²) < 4.78 is 0. The highest BCUT2D eigenvalue weighted by Crippen LogP contribution is 2.12. The number of hydrogen-bond donors (Lipinski definition) is 2. The van der Waals surface area contributed by atoms with Crippen molar-refractivity contribution >= 4 is 5.82 Å². The average molecular weight is 207 g/mol. The molecule has 0 amide bonds. The Labute approximate surface area is 92.1 Å². The van der Waals surface area contributed by atoms with Crippen LogP contribution >= 0.6 is 0 Å². The van der Waals surface area contributed by atoms with Gasteiger partial charge in [0.1, 0.15) is 5.82 Å². The zero-order chi connectivity index (χ0) is 11.3. The van der Waals surface area contributed by atoms with Gasteiger partial charge >= 0.3 is 0 Å². The van der Waals surface area contributed by atoms with Crippen molar-refractivity contribution in [2.45, 2.75) is 33.2 Å². The van der Waals surface area contributed by atoms with E-state index in [1.54, 1.807) is 0 Å². The average Bonchev–Trinajstić information content (AvgIpc) is 2.18. The monoisotopic (exact) mass is 207 g/mol. The summed E-state index contributed by atoms with van der Waals surface area (Å²) in [7, 11) is 0. The van der Waals surface area contributed by atoms with Crippen LogP contribution in [0.3, 0.4) is 0 Å². The predicted molar refractivity (Wildman–Crippen MR) is 64.5 cm³/mol. The minimum atomic E-state index is 0.344. The molecule has 3 N–H and O–H groups in total. The molecule has 1 atom stereocenters. The van der Waals surface area contributed by atoms with Crippen LogP contribution in [-0.2, 0) is 0 Å². The standard InChI is InChI=1S/C12H21N3/c1-9(2)6-7-14-10(3)11-4-5-12(13)15-8-11/h4-5,8-10,14H,6-7H2,1-3H3,(H2,13,15). The van der Waals surface area contributed by atoms with Gasteiger partial charge in [-0.2, -0.15) is 0 Å². The minimum absolute atomic E-state index is 0.344. The first kappa shape index (κ1) is 12.0. The topological polar surface area (TPSA) is 50.9 Å². The lowest BCUT2D eigenvalue weighted by atomic mass is 10.1. The smallest absolute Gasteiger partial charge is 0.123 e. The minimum Gasteiger partial charge on any atom is -0.384 e. The van der Waals surface area contributed by atoms with Gasteiger partial charge in [-0.25, -0.2) is 4.98 Å². The maximum Gasteiger partial charge on any atom is 0.123 e. The number of rotatable bonds is 5. The number of aromatic nitrogens is 1. The molecule has 1 heterocycles. The molecule has 3 heteroatoms. The lowest BCUT2D eigenvalue weighted by Gasteiger charge is -2.14. The van der Waals surface area contributed by atoms with Crippen LogP contribution in [0.4, 0.5) is 5.82 Å². The fraction of sp³-hybridized carbons (Fsp3) is 0.583. The predicted octanol–water partition coefficient (Wildman–Crippen LogP) is 2.36. The Balaban J connectivity index is 2.40. The molecule has 0 saturated carbocycles. The summed E-state index contributed by atoms with van der Waals surface area (Å²) >= 11 is 0. The van der Waals surface area contributed by atoms with E-state index in [9.17, 15) is 0 Å². The Kier molecular flexibility index (Phi) is 4.56. The van der Waals surface area contributed by atoms with Crippen LogP contribution in [0.1, 0.15) is 38.8 Å². The number of nitrogens with one attached hydrogen (secondary N) is 1. The van der Waals surface area contributed by atoms with Crippen molar-refractivity contribution in [2.24, 2.45) is 5.92 Å². The first-order valence-electron chi connectivity index (χ1n) is 5.54. The van der Waals surface area contributed by atoms with Gasteiger partial charge in [0.15, 0.2) is 0 Å². The maximum atomic E-state index is 5.54. The third-order valence-corrected chi connectivity index (χ3v) is 2.48. The van der Waals surface area contributed by atoms with Gasteiger partial charge in [-0.1, -0.05) is 19.9 Å². The Morgan fingerprint density at radius 3 is 2.60 bits per heavy atom. The van der Waals surface area contributed by atoms with E-state index < -0.39 is 0 Å². The lowest BCUT2D eigenvalue weighted by Crippen LogP contribution is -2.21. The molecule has 1 rings (SSSR count). The highest BCUT2D eigenvalue weighted by molar-refractivity contribution is 5.30. The van der Waals surface area contributed by atoms with Gasteiger partial charge in [-0.05, 0) is 37.4 Å². The van der Waals surface area contributed by atoms with E-state index >= 15 is 0 Å². The molecule has 0 aliphatic rings. The Hall–Kier alpha value is -1.09.